The van der Waals surface area contributed by atoms with Gasteiger partial charge in [-0.1, -0.05) is 22.0 Å². The van der Waals surface area contributed by atoms with E-state index in [4.69, 9.17) is 4.74 Å². The third-order valence-corrected chi connectivity index (χ3v) is 4.81. The molecule has 1 aromatic rings. The van der Waals surface area contributed by atoms with E-state index in [1.54, 1.807) is 0 Å². The summed E-state index contributed by atoms with van der Waals surface area (Å²) >= 11 is 3.55. The molecule has 19 heavy (non-hydrogen) atoms. The minimum absolute atomic E-state index is 0.493. The second-order valence-corrected chi connectivity index (χ2v) is 6.58. The molecule has 2 atom stereocenters. The van der Waals surface area contributed by atoms with Crippen molar-refractivity contribution < 1.29 is 4.74 Å². The predicted molar refractivity (Wildman–Crippen MR) is 81.4 cm³/mol. The number of ether oxygens (including phenoxy) is 1. The first-order chi connectivity index (χ1) is 9.33. The van der Waals surface area contributed by atoms with Crippen molar-refractivity contribution in [3.63, 3.8) is 0 Å². The van der Waals surface area contributed by atoms with Gasteiger partial charge in [0.05, 0.1) is 6.10 Å². The second kappa shape index (κ2) is 6.38. The van der Waals surface area contributed by atoms with Crippen LogP contribution in [0.2, 0.25) is 0 Å². The number of hydrogen-bond acceptors (Lipinski definition) is 2. The molecule has 1 aromatic carbocycles. The molecule has 2 aliphatic rings. The Morgan fingerprint density at radius 1 is 1.26 bits per heavy atom. The molecule has 0 bridgehead atoms. The first-order valence-corrected chi connectivity index (χ1v) is 8.25. The van der Waals surface area contributed by atoms with Crippen molar-refractivity contribution in [2.24, 2.45) is 0 Å². The Bertz CT molecular complexity index is 429. The number of fused-ring (bicyclic) bond motifs is 1. The van der Waals surface area contributed by atoms with Gasteiger partial charge in [0.15, 0.2) is 0 Å². The van der Waals surface area contributed by atoms with Gasteiger partial charge in [-0.3, -0.25) is 0 Å². The molecule has 0 saturated carbocycles. The van der Waals surface area contributed by atoms with Crippen LogP contribution in [0.5, 0.6) is 0 Å². The lowest BCUT2D eigenvalue weighted by Crippen LogP contribution is -2.27. The van der Waals surface area contributed by atoms with Crippen LogP contribution in [0.15, 0.2) is 22.7 Å². The standard InChI is InChI=1S/C16H22BrNO/c17-13-5-6-15-12(11-13)4-7-16(15)18-9-8-14-3-1-2-10-19-14/h5-6,11,14,16,18H,1-4,7-10H2. The van der Waals surface area contributed by atoms with Crippen LogP contribution >= 0.6 is 15.9 Å². The molecule has 1 aliphatic carbocycles. The lowest BCUT2D eigenvalue weighted by atomic mass is 10.1. The quantitative estimate of drug-likeness (QED) is 0.904. The van der Waals surface area contributed by atoms with Gasteiger partial charge in [-0.05, 0) is 68.3 Å². The minimum Gasteiger partial charge on any atom is -0.378 e. The zero-order valence-electron chi connectivity index (χ0n) is 11.3. The van der Waals surface area contributed by atoms with E-state index in [2.05, 4.69) is 39.4 Å². The van der Waals surface area contributed by atoms with E-state index < -0.39 is 0 Å². The first-order valence-electron chi connectivity index (χ1n) is 7.46. The van der Waals surface area contributed by atoms with Gasteiger partial charge in [-0.25, -0.2) is 0 Å². The molecular weight excluding hydrogens is 302 g/mol. The summed E-state index contributed by atoms with van der Waals surface area (Å²) in [5.41, 5.74) is 2.99. The van der Waals surface area contributed by atoms with Crippen molar-refractivity contribution in [2.45, 2.75) is 50.7 Å². The van der Waals surface area contributed by atoms with E-state index in [0.29, 0.717) is 12.1 Å². The fraction of sp³-hybridized carbons (Fsp3) is 0.625. The SMILES string of the molecule is Brc1ccc2c(c1)CCC2NCCC1CCCCO1. The van der Waals surface area contributed by atoms with Crippen LogP contribution in [0, 0.1) is 0 Å². The van der Waals surface area contributed by atoms with Crippen LogP contribution in [0.3, 0.4) is 0 Å². The first kappa shape index (κ1) is 13.6. The predicted octanol–water partition coefficient (Wildman–Crippen LogP) is 3.99. The van der Waals surface area contributed by atoms with E-state index in [1.807, 2.05) is 0 Å². The highest BCUT2D eigenvalue weighted by molar-refractivity contribution is 9.10. The Morgan fingerprint density at radius 2 is 2.21 bits per heavy atom. The molecule has 1 aliphatic heterocycles. The highest BCUT2D eigenvalue weighted by Gasteiger charge is 2.22. The van der Waals surface area contributed by atoms with E-state index >= 15 is 0 Å². The van der Waals surface area contributed by atoms with Gasteiger partial charge in [-0.15, -0.1) is 0 Å². The highest BCUT2D eigenvalue weighted by atomic mass is 79.9. The Labute approximate surface area is 124 Å². The smallest absolute Gasteiger partial charge is 0.0587 e. The molecule has 104 valence electrons. The molecule has 1 heterocycles. The van der Waals surface area contributed by atoms with Gasteiger partial charge in [0.25, 0.3) is 0 Å². The molecule has 0 aromatic heterocycles. The third kappa shape index (κ3) is 3.39. The number of benzene rings is 1. The topological polar surface area (TPSA) is 21.3 Å². The lowest BCUT2D eigenvalue weighted by molar-refractivity contribution is 0.0112. The Hall–Kier alpha value is -0.380. The monoisotopic (exact) mass is 323 g/mol. The van der Waals surface area contributed by atoms with E-state index in [9.17, 15) is 0 Å². The molecule has 3 rings (SSSR count). The fourth-order valence-electron chi connectivity index (χ4n) is 3.25. The summed E-state index contributed by atoms with van der Waals surface area (Å²) in [6, 6.07) is 7.23. The summed E-state index contributed by atoms with van der Waals surface area (Å²) in [6.45, 7) is 2.04. The van der Waals surface area contributed by atoms with Gasteiger partial charge in [0.2, 0.25) is 0 Å². The van der Waals surface area contributed by atoms with Gasteiger partial charge < -0.3 is 10.1 Å². The lowest BCUT2D eigenvalue weighted by Gasteiger charge is -2.23. The summed E-state index contributed by atoms with van der Waals surface area (Å²) in [7, 11) is 0. The second-order valence-electron chi connectivity index (χ2n) is 5.67. The molecule has 3 heteroatoms. The van der Waals surface area contributed by atoms with Gasteiger partial charge in [0.1, 0.15) is 0 Å². The molecule has 1 fully saturated rings. The molecule has 0 radical (unpaired) electrons. The number of halogens is 1. The normalized spacial score (nSPS) is 26.4. The molecule has 1 N–H and O–H groups in total. The summed E-state index contributed by atoms with van der Waals surface area (Å²) < 4.78 is 6.98. The van der Waals surface area contributed by atoms with E-state index in [-0.39, 0.29) is 0 Å². The van der Waals surface area contributed by atoms with Crippen molar-refractivity contribution in [1.29, 1.82) is 0 Å². The zero-order valence-corrected chi connectivity index (χ0v) is 12.9. The molecule has 2 nitrogen and oxygen atoms in total. The maximum Gasteiger partial charge on any atom is 0.0587 e. The molecule has 0 amide bonds. The number of nitrogens with one attached hydrogen (secondary N) is 1. The van der Waals surface area contributed by atoms with Gasteiger partial charge in [0, 0.05) is 17.1 Å². The van der Waals surface area contributed by atoms with Crippen molar-refractivity contribution in [3.8, 4) is 0 Å². The summed E-state index contributed by atoms with van der Waals surface area (Å²) in [4.78, 5) is 0. The van der Waals surface area contributed by atoms with E-state index in [1.165, 1.54) is 47.7 Å². The maximum atomic E-state index is 5.78. The van der Waals surface area contributed by atoms with Crippen molar-refractivity contribution in [1.82, 2.24) is 5.32 Å². The van der Waals surface area contributed by atoms with Gasteiger partial charge >= 0.3 is 0 Å². The zero-order chi connectivity index (χ0) is 13.1. The van der Waals surface area contributed by atoms with Crippen LogP contribution in [0.4, 0.5) is 0 Å². The van der Waals surface area contributed by atoms with Crippen molar-refractivity contribution >= 4 is 15.9 Å². The van der Waals surface area contributed by atoms with Gasteiger partial charge in [-0.2, -0.15) is 0 Å². The Kier molecular flexibility index (Phi) is 4.57. The van der Waals surface area contributed by atoms with Crippen LogP contribution in [-0.2, 0) is 11.2 Å². The van der Waals surface area contributed by atoms with Crippen LogP contribution < -0.4 is 5.32 Å². The summed E-state index contributed by atoms with van der Waals surface area (Å²) in [5, 5.41) is 3.71. The molecule has 0 spiro atoms. The number of hydrogen-bond donors (Lipinski definition) is 1. The maximum absolute atomic E-state index is 5.78. The third-order valence-electron chi connectivity index (χ3n) is 4.31. The summed E-state index contributed by atoms with van der Waals surface area (Å²) in [6.07, 6.45) is 7.91. The summed E-state index contributed by atoms with van der Waals surface area (Å²) in [5.74, 6) is 0. The Morgan fingerprint density at radius 3 is 3.05 bits per heavy atom. The largest absolute Gasteiger partial charge is 0.378 e. The van der Waals surface area contributed by atoms with Crippen molar-refractivity contribution in [2.75, 3.05) is 13.2 Å². The fourth-order valence-corrected chi connectivity index (χ4v) is 3.66. The van der Waals surface area contributed by atoms with Crippen LogP contribution in [0.25, 0.3) is 0 Å². The average Bonchev–Trinajstić information content (AvgIpc) is 2.82. The van der Waals surface area contributed by atoms with E-state index in [0.717, 1.165) is 19.6 Å². The number of rotatable bonds is 4. The molecular formula is C16H22BrNO. The Balaban J connectivity index is 1.49. The van der Waals surface area contributed by atoms with Crippen LogP contribution in [0.1, 0.15) is 49.3 Å². The highest BCUT2D eigenvalue weighted by Crippen LogP contribution is 2.32. The minimum atomic E-state index is 0.493. The molecule has 2 unspecified atom stereocenters. The van der Waals surface area contributed by atoms with Crippen molar-refractivity contribution in [3.05, 3.63) is 33.8 Å². The number of aryl methyl sites for hydroxylation is 1. The average molecular weight is 324 g/mol. The van der Waals surface area contributed by atoms with Crippen LogP contribution in [-0.4, -0.2) is 19.3 Å². The molecule has 1 saturated heterocycles.